The number of nitrogens with zero attached hydrogens (tertiary/aromatic N) is 1. The van der Waals surface area contributed by atoms with Crippen LogP contribution in [0.25, 0.3) is 0 Å². The predicted octanol–water partition coefficient (Wildman–Crippen LogP) is 2.21. The second-order valence-corrected chi connectivity index (χ2v) is 9.40. The van der Waals surface area contributed by atoms with Crippen LogP contribution in [0.4, 0.5) is 0 Å². The molecule has 2 rings (SSSR count). The molecule has 1 saturated carbocycles. The van der Waals surface area contributed by atoms with E-state index >= 15 is 0 Å². The monoisotopic (exact) mass is 353 g/mol. The molecule has 0 bridgehead atoms. The molecule has 1 fully saturated rings. The molecule has 102 valence electrons. The number of thiophene rings is 1. The molecule has 1 aliphatic carbocycles. The smallest absolute Gasteiger partial charge is 0.243 e. The number of aliphatic hydroxyl groups excluding tert-OH is 1. The van der Waals surface area contributed by atoms with Gasteiger partial charge in [0.15, 0.2) is 0 Å². The summed E-state index contributed by atoms with van der Waals surface area (Å²) < 4.78 is 27.0. The van der Waals surface area contributed by atoms with Gasteiger partial charge in [0, 0.05) is 18.5 Å². The Hall–Kier alpha value is 0.0500. The maximum Gasteiger partial charge on any atom is 0.243 e. The Bertz CT molecular complexity index is 534. The lowest BCUT2D eigenvalue weighted by Gasteiger charge is -2.34. The summed E-state index contributed by atoms with van der Waals surface area (Å²) in [5.41, 5.74) is 0. The standard InChI is InChI=1S/C11H16BrNO3S2/c1-7-10(5-11(12)17-7)18(15,16)13(2)6-8-3-9(14)4-8/h5,8-9,14H,3-4,6H2,1-2H3. The van der Waals surface area contributed by atoms with Gasteiger partial charge < -0.3 is 5.11 Å². The van der Waals surface area contributed by atoms with Gasteiger partial charge in [-0.05, 0) is 47.7 Å². The van der Waals surface area contributed by atoms with E-state index in [2.05, 4.69) is 15.9 Å². The molecule has 0 unspecified atom stereocenters. The SMILES string of the molecule is Cc1sc(Br)cc1S(=O)(=O)N(C)CC1CC(O)C1. The van der Waals surface area contributed by atoms with Crippen LogP contribution in [0, 0.1) is 12.8 Å². The van der Waals surface area contributed by atoms with Crippen LogP contribution in [0.1, 0.15) is 17.7 Å². The van der Waals surface area contributed by atoms with Gasteiger partial charge >= 0.3 is 0 Å². The maximum absolute atomic E-state index is 12.4. The Morgan fingerprint density at radius 3 is 2.61 bits per heavy atom. The second-order valence-electron chi connectivity index (χ2n) is 4.75. The molecule has 4 nitrogen and oxygen atoms in total. The first kappa shape index (κ1) is 14.5. The van der Waals surface area contributed by atoms with Gasteiger partial charge in [-0.3, -0.25) is 0 Å². The number of aryl methyl sites for hydroxylation is 1. The number of hydrogen-bond acceptors (Lipinski definition) is 4. The third-order valence-electron chi connectivity index (χ3n) is 3.26. The molecule has 7 heteroatoms. The lowest BCUT2D eigenvalue weighted by Crippen LogP contribution is -2.39. The van der Waals surface area contributed by atoms with Crippen molar-refractivity contribution in [3.8, 4) is 0 Å². The van der Waals surface area contributed by atoms with E-state index in [-0.39, 0.29) is 12.0 Å². The molecule has 18 heavy (non-hydrogen) atoms. The van der Waals surface area contributed by atoms with Crippen LogP contribution in [0.2, 0.25) is 0 Å². The predicted molar refractivity (Wildman–Crippen MR) is 75.3 cm³/mol. The fourth-order valence-corrected chi connectivity index (χ4v) is 5.79. The number of hydrogen-bond donors (Lipinski definition) is 1. The largest absolute Gasteiger partial charge is 0.393 e. The highest BCUT2D eigenvalue weighted by Gasteiger charge is 2.32. The van der Waals surface area contributed by atoms with Crippen molar-refractivity contribution < 1.29 is 13.5 Å². The molecule has 0 aliphatic heterocycles. The van der Waals surface area contributed by atoms with Crippen molar-refractivity contribution in [3.63, 3.8) is 0 Å². The first-order valence-electron chi connectivity index (χ1n) is 5.71. The van der Waals surface area contributed by atoms with E-state index < -0.39 is 10.0 Å². The van der Waals surface area contributed by atoms with Crippen molar-refractivity contribution in [2.75, 3.05) is 13.6 Å². The Morgan fingerprint density at radius 1 is 1.56 bits per heavy atom. The minimum absolute atomic E-state index is 0.247. The average molecular weight is 354 g/mol. The van der Waals surface area contributed by atoms with Crippen molar-refractivity contribution in [2.24, 2.45) is 5.92 Å². The highest BCUT2D eigenvalue weighted by atomic mass is 79.9. The van der Waals surface area contributed by atoms with Crippen LogP contribution in [0.15, 0.2) is 14.7 Å². The number of rotatable bonds is 4. The minimum Gasteiger partial charge on any atom is -0.393 e. The minimum atomic E-state index is -3.41. The molecule has 1 aromatic heterocycles. The van der Waals surface area contributed by atoms with Gasteiger partial charge in [0.05, 0.1) is 14.8 Å². The summed E-state index contributed by atoms with van der Waals surface area (Å²) >= 11 is 4.73. The lowest BCUT2D eigenvalue weighted by atomic mass is 9.82. The van der Waals surface area contributed by atoms with Crippen LogP contribution in [-0.4, -0.2) is 37.5 Å². The molecule has 1 aromatic rings. The quantitative estimate of drug-likeness (QED) is 0.902. The highest BCUT2D eigenvalue weighted by molar-refractivity contribution is 9.11. The molecule has 0 spiro atoms. The summed E-state index contributed by atoms with van der Waals surface area (Å²) in [5.74, 6) is 0.280. The van der Waals surface area contributed by atoms with Crippen molar-refractivity contribution in [1.29, 1.82) is 0 Å². The van der Waals surface area contributed by atoms with Crippen molar-refractivity contribution in [3.05, 3.63) is 14.7 Å². The molecule has 0 radical (unpaired) electrons. The van der Waals surface area contributed by atoms with Crippen LogP contribution in [0.5, 0.6) is 0 Å². The molecule has 1 N–H and O–H groups in total. The van der Waals surface area contributed by atoms with Crippen LogP contribution in [-0.2, 0) is 10.0 Å². The fraction of sp³-hybridized carbons (Fsp3) is 0.636. The van der Waals surface area contributed by atoms with Gasteiger partial charge in [0.1, 0.15) is 0 Å². The van der Waals surface area contributed by atoms with Crippen LogP contribution in [0.3, 0.4) is 0 Å². The lowest BCUT2D eigenvalue weighted by molar-refractivity contribution is 0.0367. The third-order valence-corrected chi connectivity index (χ3v) is 6.89. The van der Waals surface area contributed by atoms with Gasteiger partial charge in [-0.25, -0.2) is 12.7 Å². The normalized spacial score (nSPS) is 24.3. The Kier molecular flexibility index (Phi) is 4.18. The number of aliphatic hydroxyl groups is 1. The average Bonchev–Trinajstić information content (AvgIpc) is 2.56. The zero-order valence-electron chi connectivity index (χ0n) is 10.3. The second kappa shape index (κ2) is 5.20. The van der Waals surface area contributed by atoms with Crippen molar-refractivity contribution in [1.82, 2.24) is 4.31 Å². The summed E-state index contributed by atoms with van der Waals surface area (Å²) in [6.45, 7) is 2.29. The molecular weight excluding hydrogens is 338 g/mol. The molecule has 0 saturated heterocycles. The molecule has 0 amide bonds. The van der Waals surface area contributed by atoms with Gasteiger partial charge in [-0.1, -0.05) is 0 Å². The molecular formula is C11H16BrNO3S2. The van der Waals surface area contributed by atoms with Gasteiger partial charge in [0.2, 0.25) is 10.0 Å². The first-order chi connectivity index (χ1) is 8.30. The summed E-state index contributed by atoms with van der Waals surface area (Å²) in [7, 11) is -1.80. The van der Waals surface area contributed by atoms with E-state index in [1.165, 1.54) is 15.6 Å². The summed E-state index contributed by atoms with van der Waals surface area (Å²) in [6, 6.07) is 1.65. The Balaban J connectivity index is 2.13. The van der Waals surface area contributed by atoms with E-state index in [0.717, 1.165) is 8.66 Å². The van der Waals surface area contributed by atoms with E-state index in [1.54, 1.807) is 13.1 Å². The first-order valence-corrected chi connectivity index (χ1v) is 8.76. The number of halogens is 1. The third kappa shape index (κ3) is 2.80. The van der Waals surface area contributed by atoms with Crippen molar-refractivity contribution in [2.45, 2.75) is 30.8 Å². The Labute approximate surface area is 120 Å². The van der Waals surface area contributed by atoms with Crippen LogP contribution < -0.4 is 0 Å². The molecule has 1 heterocycles. The zero-order chi connectivity index (χ0) is 13.5. The van der Waals surface area contributed by atoms with E-state index in [1.807, 2.05) is 6.92 Å². The van der Waals surface area contributed by atoms with E-state index in [0.29, 0.717) is 24.3 Å². The fourth-order valence-electron chi connectivity index (χ4n) is 2.17. The van der Waals surface area contributed by atoms with Crippen molar-refractivity contribution >= 4 is 37.3 Å². The van der Waals surface area contributed by atoms with Crippen LogP contribution >= 0.6 is 27.3 Å². The maximum atomic E-state index is 12.4. The molecule has 0 aromatic carbocycles. The number of sulfonamides is 1. The summed E-state index contributed by atoms with van der Waals surface area (Å²) in [5, 5.41) is 9.23. The zero-order valence-corrected chi connectivity index (χ0v) is 13.5. The van der Waals surface area contributed by atoms with Gasteiger partial charge in [-0.15, -0.1) is 11.3 Å². The highest BCUT2D eigenvalue weighted by Crippen LogP contribution is 2.33. The molecule has 0 atom stereocenters. The Morgan fingerprint density at radius 2 is 2.17 bits per heavy atom. The summed E-state index contributed by atoms with van der Waals surface area (Å²) in [4.78, 5) is 1.17. The molecule has 1 aliphatic rings. The van der Waals surface area contributed by atoms with Gasteiger partial charge in [-0.2, -0.15) is 0 Å². The van der Waals surface area contributed by atoms with Gasteiger partial charge in [0.25, 0.3) is 0 Å². The topological polar surface area (TPSA) is 57.6 Å². The van der Waals surface area contributed by atoms with E-state index in [4.69, 9.17) is 0 Å². The summed E-state index contributed by atoms with van der Waals surface area (Å²) in [6.07, 6.45) is 1.15. The van der Waals surface area contributed by atoms with E-state index in [9.17, 15) is 13.5 Å².